The maximum Gasteiger partial charge on any atom is 0.341 e. The molecule has 1 aliphatic rings. The van der Waals surface area contributed by atoms with Crippen LogP contribution in [0.2, 0.25) is 0 Å². The molecule has 0 saturated carbocycles. The lowest BCUT2D eigenvalue weighted by Crippen LogP contribution is -2.16. The molecular weight excluding hydrogens is 380 g/mol. The Bertz CT molecular complexity index is 912. The highest BCUT2D eigenvalue weighted by molar-refractivity contribution is 7.18. The van der Waals surface area contributed by atoms with E-state index in [1.54, 1.807) is 20.8 Å². The van der Waals surface area contributed by atoms with Crippen LogP contribution in [0.1, 0.15) is 86.9 Å². The number of fused-ring (bicyclic) bond motifs is 1. The molecule has 0 unspecified atom stereocenters. The molecule has 1 aliphatic carbocycles. The van der Waals surface area contributed by atoms with Gasteiger partial charge in [0.15, 0.2) is 11.5 Å². The molecular formula is C20H24N2O5S. The molecule has 0 saturated heterocycles. The number of rotatable bonds is 6. The van der Waals surface area contributed by atoms with Crippen molar-refractivity contribution in [3.63, 3.8) is 0 Å². The predicted octanol–water partition coefficient (Wildman–Crippen LogP) is 4.34. The summed E-state index contributed by atoms with van der Waals surface area (Å²) in [6.45, 7) is 5.37. The largest absolute Gasteiger partial charge is 0.462 e. The van der Waals surface area contributed by atoms with E-state index in [4.69, 9.17) is 9.26 Å². The van der Waals surface area contributed by atoms with Crippen molar-refractivity contribution in [2.45, 2.75) is 59.3 Å². The minimum atomic E-state index is -0.555. The first-order chi connectivity index (χ1) is 13.5. The standard InChI is InChI=1S/C20H24N2O5S/c1-4-13(23)17-11(3)15(20(25)26-5-2)19(28-17)21-18(24)16-12-9-7-6-8-10-14(12)27-22-16/h4-10H2,1-3H3,(H,21,24). The van der Waals surface area contributed by atoms with Gasteiger partial charge in [0.25, 0.3) is 5.91 Å². The summed E-state index contributed by atoms with van der Waals surface area (Å²) in [4.78, 5) is 38.0. The first-order valence-corrected chi connectivity index (χ1v) is 10.4. The van der Waals surface area contributed by atoms with Gasteiger partial charge in [-0.1, -0.05) is 18.5 Å². The minimum absolute atomic E-state index is 0.0798. The van der Waals surface area contributed by atoms with Gasteiger partial charge < -0.3 is 14.6 Å². The molecule has 3 rings (SSSR count). The molecule has 0 aliphatic heterocycles. The van der Waals surface area contributed by atoms with Crippen LogP contribution in [0.5, 0.6) is 0 Å². The van der Waals surface area contributed by atoms with E-state index in [9.17, 15) is 14.4 Å². The van der Waals surface area contributed by atoms with Gasteiger partial charge in [-0.3, -0.25) is 9.59 Å². The normalized spacial score (nSPS) is 13.5. The number of hydrogen-bond acceptors (Lipinski definition) is 7. The fourth-order valence-electron chi connectivity index (χ4n) is 3.38. The number of nitrogens with one attached hydrogen (secondary N) is 1. The Kier molecular flexibility index (Phi) is 6.28. The number of aromatic nitrogens is 1. The summed E-state index contributed by atoms with van der Waals surface area (Å²) in [6, 6.07) is 0. The number of esters is 1. The number of anilines is 1. The highest BCUT2D eigenvalue weighted by Crippen LogP contribution is 2.35. The van der Waals surface area contributed by atoms with E-state index < -0.39 is 11.9 Å². The fourth-order valence-corrected chi connectivity index (χ4v) is 4.58. The van der Waals surface area contributed by atoms with Crippen LogP contribution in [0.15, 0.2) is 4.52 Å². The number of Topliss-reactive ketones (excluding diaryl/α,β-unsaturated/α-hetero) is 1. The van der Waals surface area contributed by atoms with Crippen LogP contribution in [-0.4, -0.2) is 29.4 Å². The molecule has 2 heterocycles. The molecule has 2 aromatic heterocycles. The smallest absolute Gasteiger partial charge is 0.341 e. The number of carbonyl (C=O) groups excluding carboxylic acids is 3. The number of ether oxygens (including phenoxy) is 1. The monoisotopic (exact) mass is 404 g/mol. The Labute approximate surface area is 167 Å². The SMILES string of the molecule is CCOC(=O)c1c(NC(=O)c2noc3c2CCCCC3)sc(C(=O)CC)c1C. The molecule has 8 heteroatoms. The van der Waals surface area contributed by atoms with Crippen molar-refractivity contribution in [2.75, 3.05) is 11.9 Å². The van der Waals surface area contributed by atoms with Gasteiger partial charge in [0.1, 0.15) is 10.8 Å². The van der Waals surface area contributed by atoms with Gasteiger partial charge in [-0.05, 0) is 38.7 Å². The van der Waals surface area contributed by atoms with Gasteiger partial charge in [-0.15, -0.1) is 11.3 Å². The second-order valence-electron chi connectivity index (χ2n) is 6.71. The lowest BCUT2D eigenvalue weighted by Gasteiger charge is -2.06. The quantitative estimate of drug-likeness (QED) is 0.437. The zero-order valence-electron chi connectivity index (χ0n) is 16.3. The average Bonchev–Trinajstić information content (AvgIpc) is 3.13. The Morgan fingerprint density at radius 2 is 1.93 bits per heavy atom. The Hall–Kier alpha value is -2.48. The average molecular weight is 404 g/mol. The van der Waals surface area contributed by atoms with Crippen LogP contribution in [0.3, 0.4) is 0 Å². The summed E-state index contributed by atoms with van der Waals surface area (Å²) in [6.07, 6.45) is 4.92. The van der Waals surface area contributed by atoms with E-state index >= 15 is 0 Å². The van der Waals surface area contributed by atoms with E-state index in [1.807, 2.05) is 0 Å². The van der Waals surface area contributed by atoms with Gasteiger partial charge in [0.2, 0.25) is 0 Å². The van der Waals surface area contributed by atoms with Crippen molar-refractivity contribution in [2.24, 2.45) is 0 Å². The third kappa shape index (κ3) is 3.87. The van der Waals surface area contributed by atoms with E-state index in [1.165, 1.54) is 0 Å². The van der Waals surface area contributed by atoms with Gasteiger partial charge in [-0.2, -0.15) is 0 Å². The maximum absolute atomic E-state index is 12.9. The molecule has 150 valence electrons. The van der Waals surface area contributed by atoms with Gasteiger partial charge >= 0.3 is 5.97 Å². The molecule has 0 aromatic carbocycles. The highest BCUT2D eigenvalue weighted by Gasteiger charge is 2.28. The summed E-state index contributed by atoms with van der Waals surface area (Å²) in [5, 5.41) is 7.04. The maximum atomic E-state index is 12.9. The second kappa shape index (κ2) is 8.68. The third-order valence-corrected chi connectivity index (χ3v) is 6.09. The van der Waals surface area contributed by atoms with Crippen LogP contribution in [0.4, 0.5) is 5.00 Å². The summed E-state index contributed by atoms with van der Waals surface area (Å²) < 4.78 is 10.5. The zero-order chi connectivity index (χ0) is 20.3. The molecule has 1 N–H and O–H groups in total. The molecule has 1 amide bonds. The molecule has 0 bridgehead atoms. The Morgan fingerprint density at radius 3 is 2.64 bits per heavy atom. The molecule has 0 radical (unpaired) electrons. The topological polar surface area (TPSA) is 98.5 Å². The molecule has 28 heavy (non-hydrogen) atoms. The summed E-state index contributed by atoms with van der Waals surface area (Å²) in [7, 11) is 0. The fraction of sp³-hybridized carbons (Fsp3) is 0.500. The van der Waals surface area contributed by atoms with Gasteiger partial charge in [-0.25, -0.2) is 4.79 Å². The number of ketones is 1. The van der Waals surface area contributed by atoms with Crippen LogP contribution < -0.4 is 5.32 Å². The molecule has 2 aromatic rings. The lowest BCUT2D eigenvalue weighted by atomic mass is 10.1. The first-order valence-electron chi connectivity index (χ1n) is 9.60. The Balaban J connectivity index is 1.95. The Morgan fingerprint density at radius 1 is 1.18 bits per heavy atom. The van der Waals surface area contributed by atoms with E-state index in [0.29, 0.717) is 21.9 Å². The van der Waals surface area contributed by atoms with Gasteiger partial charge in [0, 0.05) is 18.4 Å². The number of hydrogen-bond donors (Lipinski definition) is 1. The van der Waals surface area contributed by atoms with Crippen molar-refractivity contribution >= 4 is 34.0 Å². The number of nitrogens with zero attached hydrogens (tertiary/aromatic N) is 1. The predicted molar refractivity (Wildman–Crippen MR) is 105 cm³/mol. The van der Waals surface area contributed by atoms with Crippen LogP contribution >= 0.6 is 11.3 Å². The molecule has 7 nitrogen and oxygen atoms in total. The third-order valence-electron chi connectivity index (χ3n) is 4.84. The molecule has 0 spiro atoms. The first kappa shape index (κ1) is 20.3. The number of carbonyl (C=O) groups is 3. The molecule has 0 fully saturated rings. The van der Waals surface area contributed by atoms with Crippen LogP contribution in [-0.2, 0) is 17.6 Å². The highest BCUT2D eigenvalue weighted by atomic mass is 32.1. The zero-order valence-corrected chi connectivity index (χ0v) is 17.2. The van der Waals surface area contributed by atoms with E-state index in [2.05, 4.69) is 10.5 Å². The number of amides is 1. The van der Waals surface area contributed by atoms with Gasteiger partial charge in [0.05, 0.1) is 17.0 Å². The number of aryl methyl sites for hydroxylation is 1. The van der Waals surface area contributed by atoms with E-state index in [0.717, 1.165) is 54.8 Å². The summed E-state index contributed by atoms with van der Waals surface area (Å²) in [5.41, 5.74) is 1.85. The van der Waals surface area contributed by atoms with Crippen molar-refractivity contribution in [1.82, 2.24) is 5.16 Å². The van der Waals surface area contributed by atoms with Crippen molar-refractivity contribution in [3.8, 4) is 0 Å². The second-order valence-corrected chi connectivity index (χ2v) is 7.73. The van der Waals surface area contributed by atoms with Crippen LogP contribution in [0, 0.1) is 6.92 Å². The summed E-state index contributed by atoms with van der Waals surface area (Å²) in [5.74, 6) is -0.309. The van der Waals surface area contributed by atoms with Crippen molar-refractivity contribution in [3.05, 3.63) is 33.0 Å². The molecule has 0 atom stereocenters. The minimum Gasteiger partial charge on any atom is -0.462 e. The van der Waals surface area contributed by atoms with Crippen molar-refractivity contribution in [1.29, 1.82) is 0 Å². The lowest BCUT2D eigenvalue weighted by molar-refractivity contribution is 0.0527. The van der Waals surface area contributed by atoms with E-state index in [-0.39, 0.29) is 23.6 Å². The van der Waals surface area contributed by atoms with Crippen molar-refractivity contribution < 1.29 is 23.6 Å². The van der Waals surface area contributed by atoms with Crippen LogP contribution in [0.25, 0.3) is 0 Å². The summed E-state index contributed by atoms with van der Waals surface area (Å²) >= 11 is 1.10. The number of thiophene rings is 1.